The molecule has 19 heavy (non-hydrogen) atoms. The van der Waals surface area contributed by atoms with Gasteiger partial charge in [-0.05, 0) is 25.1 Å². The van der Waals surface area contributed by atoms with Crippen LogP contribution < -0.4 is 15.4 Å². The predicted molar refractivity (Wildman–Crippen MR) is 75.5 cm³/mol. The number of nitrogens with zero attached hydrogens (tertiary/aromatic N) is 1. The highest BCUT2D eigenvalue weighted by atomic mass is 16.5. The summed E-state index contributed by atoms with van der Waals surface area (Å²) >= 11 is 0. The molecule has 0 aliphatic carbocycles. The fourth-order valence-corrected chi connectivity index (χ4v) is 2.32. The minimum atomic E-state index is 0.474. The van der Waals surface area contributed by atoms with E-state index in [1.54, 1.807) is 7.11 Å². The molecule has 0 radical (unpaired) electrons. The van der Waals surface area contributed by atoms with Crippen LogP contribution in [-0.4, -0.2) is 36.4 Å². The number of rotatable bonds is 4. The van der Waals surface area contributed by atoms with E-state index in [2.05, 4.69) is 20.8 Å². The van der Waals surface area contributed by atoms with Gasteiger partial charge in [0.1, 0.15) is 11.6 Å². The quantitative estimate of drug-likeness (QED) is 0.783. The summed E-state index contributed by atoms with van der Waals surface area (Å²) in [4.78, 5) is 0. The van der Waals surface area contributed by atoms with Crippen LogP contribution in [0.2, 0.25) is 0 Å². The van der Waals surface area contributed by atoms with Gasteiger partial charge in [0.2, 0.25) is 0 Å². The summed E-state index contributed by atoms with van der Waals surface area (Å²) in [5, 5.41) is 14.1. The Hall–Kier alpha value is -2.01. The fraction of sp³-hybridized carbons (Fsp3) is 0.357. The van der Waals surface area contributed by atoms with Gasteiger partial charge in [0.15, 0.2) is 0 Å². The molecule has 2 heterocycles. The van der Waals surface area contributed by atoms with Crippen LogP contribution in [0, 0.1) is 0 Å². The number of ether oxygens (including phenoxy) is 1. The van der Waals surface area contributed by atoms with Gasteiger partial charge in [-0.25, -0.2) is 0 Å². The van der Waals surface area contributed by atoms with Gasteiger partial charge in [-0.15, -0.1) is 0 Å². The first-order valence-corrected chi connectivity index (χ1v) is 6.52. The van der Waals surface area contributed by atoms with Crippen molar-refractivity contribution in [3.8, 4) is 17.0 Å². The molecule has 0 saturated carbocycles. The van der Waals surface area contributed by atoms with Gasteiger partial charge in [-0.1, -0.05) is 12.1 Å². The molecule has 1 aliphatic rings. The van der Waals surface area contributed by atoms with Gasteiger partial charge in [0.05, 0.1) is 12.8 Å². The van der Waals surface area contributed by atoms with Crippen molar-refractivity contribution in [2.24, 2.45) is 0 Å². The van der Waals surface area contributed by atoms with Crippen LogP contribution in [0.15, 0.2) is 30.3 Å². The van der Waals surface area contributed by atoms with Gasteiger partial charge >= 0.3 is 0 Å². The van der Waals surface area contributed by atoms with E-state index in [1.165, 1.54) is 0 Å². The molecule has 1 atom stereocenters. The molecule has 0 spiro atoms. The molecule has 3 rings (SSSR count). The van der Waals surface area contributed by atoms with Crippen LogP contribution in [0.25, 0.3) is 11.3 Å². The number of anilines is 1. The zero-order chi connectivity index (χ0) is 13.1. The molecule has 5 heteroatoms. The van der Waals surface area contributed by atoms with Crippen molar-refractivity contribution in [1.82, 2.24) is 15.5 Å². The predicted octanol–water partition coefficient (Wildman–Crippen LogP) is 1.86. The molecule has 2 aromatic rings. The Morgan fingerprint density at radius 1 is 1.37 bits per heavy atom. The van der Waals surface area contributed by atoms with E-state index in [-0.39, 0.29) is 0 Å². The second-order valence-electron chi connectivity index (χ2n) is 4.73. The van der Waals surface area contributed by atoms with Gasteiger partial charge in [0.25, 0.3) is 0 Å². The molecule has 100 valence electrons. The first-order valence-electron chi connectivity index (χ1n) is 6.52. The number of H-pyrrole nitrogens is 1. The topological polar surface area (TPSA) is 62.0 Å². The Balaban J connectivity index is 1.76. The summed E-state index contributed by atoms with van der Waals surface area (Å²) in [6.45, 7) is 2.08. The molecular formula is C14H18N4O. The minimum absolute atomic E-state index is 0.474. The summed E-state index contributed by atoms with van der Waals surface area (Å²) in [5.41, 5.74) is 2.07. The number of nitrogens with one attached hydrogen (secondary N) is 3. The van der Waals surface area contributed by atoms with Crippen molar-refractivity contribution in [3.63, 3.8) is 0 Å². The van der Waals surface area contributed by atoms with Crippen LogP contribution in [0.5, 0.6) is 5.75 Å². The van der Waals surface area contributed by atoms with E-state index in [0.717, 1.165) is 42.3 Å². The summed E-state index contributed by atoms with van der Waals surface area (Å²) in [5.74, 6) is 1.74. The van der Waals surface area contributed by atoms with E-state index in [0.29, 0.717) is 6.04 Å². The first-order chi connectivity index (χ1) is 9.35. The monoisotopic (exact) mass is 258 g/mol. The molecule has 1 aliphatic heterocycles. The largest absolute Gasteiger partial charge is 0.497 e. The lowest BCUT2D eigenvalue weighted by Crippen LogP contribution is -2.22. The third-order valence-corrected chi connectivity index (χ3v) is 3.37. The maximum atomic E-state index is 5.23. The average Bonchev–Trinajstić information content (AvgIpc) is 3.11. The summed E-state index contributed by atoms with van der Waals surface area (Å²) in [6, 6.07) is 10.5. The lowest BCUT2D eigenvalue weighted by atomic mass is 10.1. The van der Waals surface area contributed by atoms with Crippen molar-refractivity contribution >= 4 is 5.82 Å². The Morgan fingerprint density at radius 2 is 2.32 bits per heavy atom. The smallest absolute Gasteiger partial charge is 0.148 e. The van der Waals surface area contributed by atoms with Crippen LogP contribution in [0.4, 0.5) is 5.82 Å². The van der Waals surface area contributed by atoms with Gasteiger partial charge in [-0.3, -0.25) is 5.10 Å². The lowest BCUT2D eigenvalue weighted by Gasteiger charge is -2.08. The van der Waals surface area contributed by atoms with Crippen LogP contribution >= 0.6 is 0 Å². The van der Waals surface area contributed by atoms with E-state index < -0.39 is 0 Å². The number of aromatic nitrogens is 2. The molecular weight excluding hydrogens is 240 g/mol. The second-order valence-corrected chi connectivity index (χ2v) is 4.73. The highest BCUT2D eigenvalue weighted by molar-refractivity contribution is 5.64. The van der Waals surface area contributed by atoms with Gasteiger partial charge < -0.3 is 15.4 Å². The number of hydrogen-bond donors (Lipinski definition) is 3. The normalized spacial score (nSPS) is 18.5. The minimum Gasteiger partial charge on any atom is -0.497 e. The zero-order valence-electron chi connectivity index (χ0n) is 10.9. The van der Waals surface area contributed by atoms with Gasteiger partial charge in [-0.2, -0.15) is 5.10 Å². The Kier molecular flexibility index (Phi) is 3.37. The summed E-state index contributed by atoms with van der Waals surface area (Å²) < 4.78 is 5.23. The molecule has 0 bridgehead atoms. The molecule has 1 aromatic carbocycles. The van der Waals surface area contributed by atoms with Crippen LogP contribution in [-0.2, 0) is 0 Å². The SMILES string of the molecule is COc1cccc(-c2cc(NC3CCNC3)n[nH]2)c1. The number of methoxy groups -OCH3 is 1. The highest BCUT2D eigenvalue weighted by Gasteiger charge is 2.15. The Morgan fingerprint density at radius 3 is 3.11 bits per heavy atom. The molecule has 1 aromatic heterocycles. The van der Waals surface area contributed by atoms with Crippen molar-refractivity contribution in [2.75, 3.05) is 25.5 Å². The molecule has 3 N–H and O–H groups in total. The van der Waals surface area contributed by atoms with Crippen LogP contribution in [0.3, 0.4) is 0 Å². The summed E-state index contributed by atoms with van der Waals surface area (Å²) in [7, 11) is 1.67. The molecule has 1 fully saturated rings. The maximum absolute atomic E-state index is 5.23. The van der Waals surface area contributed by atoms with Crippen molar-refractivity contribution < 1.29 is 4.74 Å². The van der Waals surface area contributed by atoms with Crippen molar-refractivity contribution in [2.45, 2.75) is 12.5 Å². The van der Waals surface area contributed by atoms with E-state index in [9.17, 15) is 0 Å². The molecule has 1 saturated heterocycles. The molecule has 1 unspecified atom stereocenters. The lowest BCUT2D eigenvalue weighted by molar-refractivity contribution is 0.415. The average molecular weight is 258 g/mol. The second kappa shape index (κ2) is 5.32. The molecule has 0 amide bonds. The number of hydrogen-bond acceptors (Lipinski definition) is 4. The van der Waals surface area contributed by atoms with E-state index in [4.69, 9.17) is 4.74 Å². The zero-order valence-corrected chi connectivity index (χ0v) is 10.9. The maximum Gasteiger partial charge on any atom is 0.148 e. The van der Waals surface area contributed by atoms with Crippen LogP contribution in [0.1, 0.15) is 6.42 Å². The molecule has 5 nitrogen and oxygen atoms in total. The summed E-state index contributed by atoms with van der Waals surface area (Å²) in [6.07, 6.45) is 1.14. The van der Waals surface area contributed by atoms with Crippen molar-refractivity contribution in [1.29, 1.82) is 0 Å². The Labute approximate surface area is 112 Å². The fourth-order valence-electron chi connectivity index (χ4n) is 2.32. The van der Waals surface area contributed by atoms with Crippen molar-refractivity contribution in [3.05, 3.63) is 30.3 Å². The van der Waals surface area contributed by atoms with E-state index in [1.807, 2.05) is 30.3 Å². The van der Waals surface area contributed by atoms with E-state index >= 15 is 0 Å². The Bertz CT molecular complexity index is 546. The highest BCUT2D eigenvalue weighted by Crippen LogP contribution is 2.24. The third-order valence-electron chi connectivity index (χ3n) is 3.37. The first kappa shape index (κ1) is 12.0. The number of benzene rings is 1. The standard InChI is InChI=1S/C14H18N4O/c1-19-12-4-2-3-10(7-12)13-8-14(18-17-13)16-11-5-6-15-9-11/h2-4,7-8,11,15H,5-6,9H2,1H3,(H2,16,17,18). The number of aromatic amines is 1. The van der Waals surface area contributed by atoms with Gasteiger partial charge in [0, 0.05) is 24.2 Å². The third kappa shape index (κ3) is 2.71.